The van der Waals surface area contributed by atoms with E-state index in [4.69, 9.17) is 9.15 Å². The van der Waals surface area contributed by atoms with Gasteiger partial charge in [0.05, 0.1) is 12.0 Å². The first-order valence-electron chi connectivity index (χ1n) is 9.27. The van der Waals surface area contributed by atoms with Gasteiger partial charge in [0.15, 0.2) is 11.3 Å². The molecule has 2 heterocycles. The summed E-state index contributed by atoms with van der Waals surface area (Å²) in [5.74, 6) is 0.250. The average Bonchev–Trinajstić information content (AvgIpc) is 3.35. The van der Waals surface area contributed by atoms with Gasteiger partial charge in [-0.3, -0.25) is 14.5 Å². The van der Waals surface area contributed by atoms with Crippen LogP contribution >= 0.6 is 0 Å². The second kappa shape index (κ2) is 7.75. The van der Waals surface area contributed by atoms with Gasteiger partial charge in [-0.15, -0.1) is 0 Å². The number of anilines is 1. The molecule has 30 heavy (non-hydrogen) atoms. The molecule has 8 heteroatoms. The Morgan fingerprint density at radius 1 is 1.07 bits per heavy atom. The van der Waals surface area contributed by atoms with Gasteiger partial charge in [0.25, 0.3) is 5.91 Å². The predicted molar refractivity (Wildman–Crippen MR) is 108 cm³/mol. The second-order valence-corrected chi connectivity index (χ2v) is 6.88. The topological polar surface area (TPSA) is 101 Å². The second-order valence-electron chi connectivity index (χ2n) is 6.88. The molecule has 0 bridgehead atoms. The maximum Gasteiger partial charge on any atom is 0.325 e. The summed E-state index contributed by atoms with van der Waals surface area (Å²) in [6, 6.07) is 18.6. The molecule has 1 aliphatic heterocycles. The molecule has 8 nitrogen and oxygen atoms in total. The van der Waals surface area contributed by atoms with E-state index in [9.17, 15) is 14.4 Å². The monoisotopic (exact) mass is 405 g/mol. The molecule has 3 aromatic rings. The molecule has 2 aromatic carbocycles. The fraction of sp³-hybridized carbons (Fsp3) is 0.136. The zero-order valence-corrected chi connectivity index (χ0v) is 16.1. The van der Waals surface area contributed by atoms with E-state index >= 15 is 0 Å². The van der Waals surface area contributed by atoms with Crippen LogP contribution < -0.4 is 15.4 Å². The Morgan fingerprint density at radius 2 is 1.80 bits per heavy atom. The van der Waals surface area contributed by atoms with E-state index in [1.54, 1.807) is 48.5 Å². The van der Waals surface area contributed by atoms with Crippen molar-refractivity contribution in [3.63, 3.8) is 0 Å². The van der Waals surface area contributed by atoms with Crippen molar-refractivity contribution in [1.29, 1.82) is 0 Å². The van der Waals surface area contributed by atoms with Crippen molar-refractivity contribution in [2.24, 2.45) is 0 Å². The average molecular weight is 405 g/mol. The van der Waals surface area contributed by atoms with E-state index in [0.29, 0.717) is 22.9 Å². The Labute approximate surface area is 172 Å². The Kier molecular flexibility index (Phi) is 4.97. The first-order chi connectivity index (χ1) is 14.5. The molecule has 1 atom stereocenters. The first-order valence-corrected chi connectivity index (χ1v) is 9.27. The molecule has 1 saturated heterocycles. The van der Waals surface area contributed by atoms with Crippen molar-refractivity contribution in [1.82, 2.24) is 10.2 Å². The van der Waals surface area contributed by atoms with Gasteiger partial charge in [0.2, 0.25) is 5.91 Å². The number of para-hydroxylation sites is 3. The van der Waals surface area contributed by atoms with Crippen LogP contribution in [0.25, 0.3) is 0 Å². The molecule has 0 radical (unpaired) electrons. The minimum atomic E-state index is -1.35. The van der Waals surface area contributed by atoms with Crippen molar-refractivity contribution in [2.45, 2.75) is 12.5 Å². The maximum absolute atomic E-state index is 12.8. The van der Waals surface area contributed by atoms with Crippen LogP contribution in [-0.4, -0.2) is 29.3 Å². The van der Waals surface area contributed by atoms with E-state index in [-0.39, 0.29) is 0 Å². The number of hydrogen-bond acceptors (Lipinski definition) is 5. The standard InChI is InChI=1S/C22H19N3O5/c1-22(18-12-7-13-29-18)20(27)25(21(28)24-22)14-19(26)23-16-10-5-6-11-17(16)30-15-8-3-2-4-9-15/h2-13H,14H2,1H3,(H,23,26)(H,24,28). The lowest BCUT2D eigenvalue weighted by atomic mass is 9.99. The van der Waals surface area contributed by atoms with E-state index in [1.165, 1.54) is 13.2 Å². The molecular weight excluding hydrogens is 386 g/mol. The molecule has 0 saturated carbocycles. The highest BCUT2D eigenvalue weighted by molar-refractivity contribution is 6.10. The van der Waals surface area contributed by atoms with Gasteiger partial charge in [-0.25, -0.2) is 4.79 Å². The molecular formula is C22H19N3O5. The van der Waals surface area contributed by atoms with Gasteiger partial charge in [0.1, 0.15) is 18.1 Å². The fourth-order valence-corrected chi connectivity index (χ4v) is 3.18. The van der Waals surface area contributed by atoms with Crippen LogP contribution in [0.3, 0.4) is 0 Å². The van der Waals surface area contributed by atoms with Gasteiger partial charge < -0.3 is 19.8 Å². The maximum atomic E-state index is 12.8. The van der Waals surface area contributed by atoms with Crippen molar-refractivity contribution in [3.05, 3.63) is 78.8 Å². The molecule has 1 aromatic heterocycles. The van der Waals surface area contributed by atoms with Crippen molar-refractivity contribution < 1.29 is 23.5 Å². The zero-order chi connectivity index (χ0) is 21.1. The number of imide groups is 1. The largest absolute Gasteiger partial charge is 0.466 e. The smallest absolute Gasteiger partial charge is 0.325 e. The van der Waals surface area contributed by atoms with Crippen LogP contribution in [0, 0.1) is 0 Å². The van der Waals surface area contributed by atoms with Crippen LogP contribution in [-0.2, 0) is 15.1 Å². The number of benzene rings is 2. The zero-order valence-electron chi connectivity index (χ0n) is 16.1. The van der Waals surface area contributed by atoms with Crippen LogP contribution in [0.15, 0.2) is 77.4 Å². The third kappa shape index (κ3) is 3.62. The number of rotatable bonds is 6. The Hall–Kier alpha value is -4.07. The van der Waals surface area contributed by atoms with Crippen LogP contribution in [0.4, 0.5) is 10.5 Å². The van der Waals surface area contributed by atoms with Gasteiger partial charge >= 0.3 is 6.03 Å². The van der Waals surface area contributed by atoms with Crippen LogP contribution in [0.5, 0.6) is 11.5 Å². The van der Waals surface area contributed by atoms with E-state index in [1.807, 2.05) is 18.2 Å². The van der Waals surface area contributed by atoms with Gasteiger partial charge in [-0.2, -0.15) is 0 Å². The molecule has 152 valence electrons. The highest BCUT2D eigenvalue weighted by Crippen LogP contribution is 2.31. The summed E-state index contributed by atoms with van der Waals surface area (Å²) in [7, 11) is 0. The number of amides is 4. The predicted octanol–water partition coefficient (Wildman–Crippen LogP) is 3.48. The third-order valence-corrected chi connectivity index (χ3v) is 4.72. The highest BCUT2D eigenvalue weighted by Gasteiger charge is 2.51. The molecule has 0 aliphatic carbocycles. The number of nitrogens with zero attached hydrogens (tertiary/aromatic N) is 1. The lowest BCUT2D eigenvalue weighted by Gasteiger charge is -2.19. The first kappa shape index (κ1) is 19.3. The van der Waals surface area contributed by atoms with E-state index in [2.05, 4.69) is 10.6 Å². The van der Waals surface area contributed by atoms with Crippen LogP contribution in [0.1, 0.15) is 12.7 Å². The summed E-state index contributed by atoms with van der Waals surface area (Å²) in [5, 5.41) is 5.28. The van der Waals surface area contributed by atoms with Gasteiger partial charge in [-0.1, -0.05) is 30.3 Å². The minimum Gasteiger partial charge on any atom is -0.466 e. The lowest BCUT2D eigenvalue weighted by Crippen LogP contribution is -2.41. The minimum absolute atomic E-state index is 0.297. The van der Waals surface area contributed by atoms with E-state index in [0.717, 1.165) is 4.90 Å². The van der Waals surface area contributed by atoms with Gasteiger partial charge in [0, 0.05) is 0 Å². The summed E-state index contributed by atoms with van der Waals surface area (Å²) < 4.78 is 11.1. The Morgan fingerprint density at radius 3 is 2.53 bits per heavy atom. The number of urea groups is 1. The molecule has 2 N–H and O–H groups in total. The van der Waals surface area contributed by atoms with E-state index < -0.39 is 29.9 Å². The fourth-order valence-electron chi connectivity index (χ4n) is 3.18. The molecule has 1 unspecified atom stereocenters. The summed E-state index contributed by atoms with van der Waals surface area (Å²) in [4.78, 5) is 38.6. The highest BCUT2D eigenvalue weighted by atomic mass is 16.5. The molecule has 4 rings (SSSR count). The van der Waals surface area contributed by atoms with Crippen molar-refractivity contribution in [2.75, 3.05) is 11.9 Å². The van der Waals surface area contributed by atoms with Gasteiger partial charge in [-0.05, 0) is 43.3 Å². The number of ether oxygens (including phenoxy) is 1. The third-order valence-electron chi connectivity index (χ3n) is 4.72. The van der Waals surface area contributed by atoms with Crippen molar-refractivity contribution >= 4 is 23.5 Å². The molecule has 1 aliphatic rings. The number of carbonyl (C=O) groups excluding carboxylic acids is 3. The number of furan rings is 1. The van der Waals surface area contributed by atoms with Crippen molar-refractivity contribution in [3.8, 4) is 11.5 Å². The Bertz CT molecular complexity index is 1080. The number of carbonyl (C=O) groups is 3. The molecule has 0 spiro atoms. The number of hydrogen-bond donors (Lipinski definition) is 2. The summed E-state index contributed by atoms with van der Waals surface area (Å²) >= 11 is 0. The number of nitrogens with one attached hydrogen (secondary N) is 2. The molecule has 1 fully saturated rings. The summed E-state index contributed by atoms with van der Waals surface area (Å²) in [5.41, 5.74) is -0.929. The van der Waals surface area contributed by atoms with Crippen LogP contribution in [0.2, 0.25) is 0 Å². The summed E-state index contributed by atoms with van der Waals surface area (Å²) in [6.45, 7) is 1.09. The SMILES string of the molecule is CC1(c2ccco2)NC(=O)N(CC(=O)Nc2ccccc2Oc2ccccc2)C1=O. The lowest BCUT2D eigenvalue weighted by molar-refractivity contribution is -0.134. The normalized spacial score (nSPS) is 18.2. The Balaban J connectivity index is 1.47. The summed E-state index contributed by atoms with van der Waals surface area (Å²) in [6.07, 6.45) is 1.42. The quantitative estimate of drug-likeness (QED) is 0.612. The molecule has 4 amide bonds.